The van der Waals surface area contributed by atoms with E-state index in [0.717, 1.165) is 24.8 Å². The van der Waals surface area contributed by atoms with E-state index in [1.54, 1.807) is 6.07 Å². The molecule has 144 valence electrons. The van der Waals surface area contributed by atoms with Crippen LogP contribution in [-0.4, -0.2) is 20.5 Å². The van der Waals surface area contributed by atoms with Crippen molar-refractivity contribution in [2.24, 2.45) is 0 Å². The monoisotopic (exact) mass is 376 g/mol. The maximum absolute atomic E-state index is 13.6. The highest BCUT2D eigenvalue weighted by atomic mass is 28.4. The molecular formula is C22H33FO2Si. The van der Waals surface area contributed by atoms with E-state index in [4.69, 9.17) is 9.16 Å². The van der Waals surface area contributed by atoms with Crippen molar-refractivity contribution in [2.75, 3.05) is 0 Å². The Labute approximate surface area is 159 Å². The quantitative estimate of drug-likeness (QED) is 0.418. The molecule has 1 aliphatic rings. The van der Waals surface area contributed by atoms with E-state index in [1.165, 1.54) is 12.1 Å². The van der Waals surface area contributed by atoms with Crippen LogP contribution in [0.25, 0.3) is 6.08 Å². The van der Waals surface area contributed by atoms with Crippen molar-refractivity contribution in [1.29, 1.82) is 0 Å². The predicted octanol–water partition coefficient (Wildman–Crippen LogP) is 6.74. The van der Waals surface area contributed by atoms with Gasteiger partial charge in [0.15, 0.2) is 8.32 Å². The van der Waals surface area contributed by atoms with Crippen molar-refractivity contribution < 1.29 is 13.6 Å². The fourth-order valence-corrected chi connectivity index (χ4v) is 4.20. The van der Waals surface area contributed by atoms with Gasteiger partial charge in [0.1, 0.15) is 17.7 Å². The van der Waals surface area contributed by atoms with Crippen LogP contribution in [0.15, 0.2) is 36.4 Å². The van der Waals surface area contributed by atoms with Crippen molar-refractivity contribution in [1.82, 2.24) is 0 Å². The maximum Gasteiger partial charge on any atom is 0.192 e. The largest absolute Gasteiger partial charge is 0.483 e. The molecule has 1 aromatic rings. The molecule has 1 aliphatic carbocycles. The van der Waals surface area contributed by atoms with Crippen LogP contribution in [-0.2, 0) is 4.43 Å². The molecule has 0 spiro atoms. The van der Waals surface area contributed by atoms with E-state index >= 15 is 0 Å². The number of rotatable bonds is 5. The first-order chi connectivity index (χ1) is 12.1. The summed E-state index contributed by atoms with van der Waals surface area (Å²) in [4.78, 5) is 0. The third-order valence-electron chi connectivity index (χ3n) is 5.38. The average Bonchev–Trinajstić information content (AvgIpc) is 2.74. The SMILES string of the molecule is C/C=C/c1cc(F)ccc1O[C@@H]1C=CCCC[C@H]1O[Si](C)(C)C(C)(C)C. The highest BCUT2D eigenvalue weighted by Crippen LogP contribution is 2.39. The molecule has 0 aliphatic heterocycles. The molecule has 2 nitrogen and oxygen atoms in total. The summed E-state index contributed by atoms with van der Waals surface area (Å²) in [6, 6.07) is 4.68. The summed E-state index contributed by atoms with van der Waals surface area (Å²) in [7, 11) is -1.90. The molecule has 0 heterocycles. The van der Waals surface area contributed by atoms with Gasteiger partial charge in [-0.25, -0.2) is 4.39 Å². The van der Waals surface area contributed by atoms with E-state index in [-0.39, 0.29) is 23.1 Å². The molecule has 0 radical (unpaired) electrons. The van der Waals surface area contributed by atoms with E-state index in [1.807, 2.05) is 19.1 Å². The maximum atomic E-state index is 13.6. The molecule has 0 bridgehead atoms. The second kappa shape index (κ2) is 8.53. The zero-order valence-corrected chi connectivity index (χ0v) is 18.0. The summed E-state index contributed by atoms with van der Waals surface area (Å²) in [5.41, 5.74) is 0.760. The summed E-state index contributed by atoms with van der Waals surface area (Å²) in [6.45, 7) is 13.2. The van der Waals surface area contributed by atoms with E-state index in [9.17, 15) is 4.39 Å². The first kappa shape index (κ1) is 20.9. The van der Waals surface area contributed by atoms with Crippen molar-refractivity contribution in [2.45, 2.75) is 77.3 Å². The lowest BCUT2D eigenvalue weighted by Gasteiger charge is -2.40. The van der Waals surface area contributed by atoms with Crippen molar-refractivity contribution in [3.05, 3.63) is 47.8 Å². The molecule has 0 unspecified atom stereocenters. The molecule has 1 aromatic carbocycles. The number of allylic oxidation sites excluding steroid dienone is 2. The third kappa shape index (κ3) is 5.30. The molecule has 2 atom stereocenters. The van der Waals surface area contributed by atoms with Crippen LogP contribution in [0.1, 0.15) is 52.5 Å². The predicted molar refractivity (Wildman–Crippen MR) is 111 cm³/mol. The Morgan fingerprint density at radius 2 is 1.96 bits per heavy atom. The minimum absolute atomic E-state index is 0.0261. The summed E-state index contributed by atoms with van der Waals surface area (Å²) < 4.78 is 26.7. The zero-order valence-electron chi connectivity index (χ0n) is 17.0. The minimum Gasteiger partial charge on any atom is -0.483 e. The summed E-state index contributed by atoms with van der Waals surface area (Å²) in [5.74, 6) is 0.445. The standard InChI is InChI=1S/C22H33FO2Si/c1-7-11-17-16-18(23)14-15-19(17)24-20-12-9-8-10-13-21(20)25-26(5,6)22(2,3)4/h7,9,11-12,14-16,20-21H,8,10,13H2,1-6H3/b11-7+/t20-,21-/m1/s1. The van der Waals surface area contributed by atoms with Crippen LogP contribution >= 0.6 is 0 Å². The number of halogens is 1. The molecule has 0 N–H and O–H groups in total. The Morgan fingerprint density at radius 1 is 1.23 bits per heavy atom. The van der Waals surface area contributed by atoms with Gasteiger partial charge in [-0.1, -0.05) is 39.0 Å². The first-order valence-corrected chi connectivity index (χ1v) is 12.5. The van der Waals surface area contributed by atoms with Crippen LogP contribution in [0.3, 0.4) is 0 Å². The first-order valence-electron chi connectivity index (χ1n) is 9.57. The number of ether oxygens (including phenoxy) is 1. The van der Waals surface area contributed by atoms with E-state index in [2.05, 4.69) is 46.0 Å². The van der Waals surface area contributed by atoms with E-state index in [0.29, 0.717) is 5.75 Å². The highest BCUT2D eigenvalue weighted by Gasteiger charge is 2.41. The molecule has 0 saturated heterocycles. The lowest BCUT2D eigenvalue weighted by Crippen LogP contribution is -2.47. The molecule has 0 amide bonds. The van der Waals surface area contributed by atoms with Gasteiger partial charge < -0.3 is 9.16 Å². The minimum atomic E-state index is -1.90. The molecule has 0 saturated carbocycles. The average molecular weight is 377 g/mol. The zero-order chi connectivity index (χ0) is 19.4. The molecule has 0 fully saturated rings. The van der Waals surface area contributed by atoms with Gasteiger partial charge in [-0.3, -0.25) is 0 Å². The Morgan fingerprint density at radius 3 is 2.62 bits per heavy atom. The molecule has 0 aromatic heterocycles. The van der Waals surface area contributed by atoms with Crippen molar-refractivity contribution >= 4 is 14.4 Å². The number of benzene rings is 1. The summed E-state index contributed by atoms with van der Waals surface area (Å²) in [6.07, 6.45) is 11.1. The lowest BCUT2D eigenvalue weighted by molar-refractivity contribution is 0.0668. The van der Waals surface area contributed by atoms with Crippen LogP contribution in [0.2, 0.25) is 18.1 Å². The van der Waals surface area contributed by atoms with Gasteiger partial charge in [0, 0.05) is 5.56 Å². The van der Waals surface area contributed by atoms with Gasteiger partial charge >= 0.3 is 0 Å². The van der Waals surface area contributed by atoms with Crippen LogP contribution in [0.4, 0.5) is 4.39 Å². The number of hydrogen-bond acceptors (Lipinski definition) is 2. The number of hydrogen-bond donors (Lipinski definition) is 0. The van der Waals surface area contributed by atoms with Gasteiger partial charge in [-0.15, -0.1) is 0 Å². The Kier molecular flexibility index (Phi) is 6.86. The van der Waals surface area contributed by atoms with Gasteiger partial charge in [0.25, 0.3) is 0 Å². The molecule has 26 heavy (non-hydrogen) atoms. The summed E-state index contributed by atoms with van der Waals surface area (Å²) in [5, 5.41) is 0.152. The van der Waals surface area contributed by atoms with Gasteiger partial charge in [0.2, 0.25) is 0 Å². The smallest absolute Gasteiger partial charge is 0.192 e. The Bertz CT molecular complexity index is 659. The van der Waals surface area contributed by atoms with Gasteiger partial charge in [0.05, 0.1) is 6.10 Å². The van der Waals surface area contributed by atoms with E-state index < -0.39 is 8.32 Å². The van der Waals surface area contributed by atoms with Crippen molar-refractivity contribution in [3.63, 3.8) is 0 Å². The molecular weight excluding hydrogens is 343 g/mol. The normalized spacial score (nSPS) is 21.8. The molecule has 4 heteroatoms. The highest BCUT2D eigenvalue weighted by molar-refractivity contribution is 6.74. The second-order valence-corrected chi connectivity index (χ2v) is 13.3. The lowest BCUT2D eigenvalue weighted by atomic mass is 10.1. The summed E-state index contributed by atoms with van der Waals surface area (Å²) >= 11 is 0. The Balaban J connectivity index is 2.27. The van der Waals surface area contributed by atoms with Gasteiger partial charge in [-0.2, -0.15) is 0 Å². The van der Waals surface area contributed by atoms with Crippen LogP contribution < -0.4 is 4.74 Å². The fourth-order valence-electron chi connectivity index (χ4n) is 2.83. The Hall–Kier alpha value is -1.39. The third-order valence-corrected chi connectivity index (χ3v) is 9.89. The molecule has 2 rings (SSSR count). The van der Waals surface area contributed by atoms with Crippen LogP contribution in [0.5, 0.6) is 5.75 Å². The van der Waals surface area contributed by atoms with Gasteiger partial charge in [-0.05, 0) is 68.6 Å². The van der Waals surface area contributed by atoms with Crippen LogP contribution in [0, 0.1) is 5.82 Å². The van der Waals surface area contributed by atoms with Crippen molar-refractivity contribution in [3.8, 4) is 5.75 Å². The second-order valence-electron chi connectivity index (χ2n) is 8.54. The fraction of sp³-hybridized carbons (Fsp3) is 0.545. The topological polar surface area (TPSA) is 18.5 Å².